The highest BCUT2D eigenvalue weighted by Crippen LogP contribution is 3.19. The van der Waals surface area contributed by atoms with Gasteiger partial charge in [0.05, 0.1) is 6.10 Å². The van der Waals surface area contributed by atoms with E-state index in [-0.39, 0.29) is 6.10 Å². The quantitative estimate of drug-likeness (QED) is 0.520. The van der Waals surface area contributed by atoms with Gasteiger partial charge in [0.2, 0.25) is 0 Å². The fourth-order valence-electron chi connectivity index (χ4n) is 10.4. The molecule has 5 unspecified atom stereocenters. The van der Waals surface area contributed by atoms with Gasteiger partial charge >= 0.3 is 0 Å². The summed E-state index contributed by atoms with van der Waals surface area (Å²) in [7, 11) is 0. The first-order valence-corrected chi connectivity index (χ1v) is 9.77. The lowest BCUT2D eigenvalue weighted by Gasteiger charge is -2.58. The molecular formula is C22H26O. The third-order valence-electron chi connectivity index (χ3n) is 10.5. The second-order valence-corrected chi connectivity index (χ2v) is 10.5. The van der Waals surface area contributed by atoms with Gasteiger partial charge in [-0.05, 0) is 73.2 Å². The van der Waals surface area contributed by atoms with Crippen LogP contribution in [0.1, 0.15) is 58.8 Å². The molecule has 7 aliphatic rings. The Morgan fingerprint density at radius 3 is 2.87 bits per heavy atom. The van der Waals surface area contributed by atoms with Crippen LogP contribution in [0.15, 0.2) is 29.0 Å². The van der Waals surface area contributed by atoms with Crippen molar-refractivity contribution in [2.45, 2.75) is 64.9 Å². The van der Waals surface area contributed by atoms with Gasteiger partial charge < -0.3 is 5.11 Å². The molecule has 0 aliphatic heterocycles. The molecule has 0 radical (unpaired) electrons. The average Bonchev–Trinajstić information content (AvgIpc) is 3.09. The molecule has 0 aromatic heterocycles. The molecule has 7 aliphatic carbocycles. The van der Waals surface area contributed by atoms with E-state index in [0.717, 1.165) is 24.7 Å². The minimum atomic E-state index is -0.0458. The smallest absolute Gasteiger partial charge is 0.0543 e. The number of aliphatic hydroxyl groups excluding tert-OH is 1. The Morgan fingerprint density at radius 2 is 2.09 bits per heavy atom. The van der Waals surface area contributed by atoms with Crippen molar-refractivity contribution in [1.82, 2.24) is 0 Å². The van der Waals surface area contributed by atoms with E-state index in [0.29, 0.717) is 27.1 Å². The fourth-order valence-corrected chi connectivity index (χ4v) is 10.4. The minimum Gasteiger partial charge on any atom is -0.393 e. The highest BCUT2D eigenvalue weighted by molar-refractivity contribution is 5.81. The molecule has 1 heteroatoms. The Bertz CT molecular complexity index is 814. The van der Waals surface area contributed by atoms with Crippen molar-refractivity contribution in [3.63, 3.8) is 0 Å². The molecule has 8 atom stereocenters. The zero-order valence-corrected chi connectivity index (χ0v) is 14.3. The summed E-state index contributed by atoms with van der Waals surface area (Å²) in [6, 6.07) is 0. The van der Waals surface area contributed by atoms with Crippen LogP contribution in [0.25, 0.3) is 0 Å². The van der Waals surface area contributed by atoms with E-state index >= 15 is 0 Å². The average molecular weight is 306 g/mol. The Labute approximate surface area is 138 Å². The molecule has 0 heterocycles. The van der Waals surface area contributed by atoms with Gasteiger partial charge in [0.1, 0.15) is 0 Å². The third kappa shape index (κ3) is 0.736. The Balaban J connectivity index is 1.50. The first kappa shape index (κ1) is 12.6. The summed E-state index contributed by atoms with van der Waals surface area (Å²) in [5, 5.41) is 10.3. The van der Waals surface area contributed by atoms with Gasteiger partial charge in [0.25, 0.3) is 0 Å². The van der Waals surface area contributed by atoms with E-state index in [4.69, 9.17) is 0 Å². The van der Waals surface area contributed by atoms with Gasteiger partial charge in [0.15, 0.2) is 0 Å². The molecule has 0 aromatic rings. The molecule has 0 saturated heterocycles. The molecule has 1 N–H and O–H groups in total. The van der Waals surface area contributed by atoms with E-state index < -0.39 is 0 Å². The highest BCUT2D eigenvalue weighted by Gasteiger charge is 3.16. The molecule has 5 saturated carbocycles. The van der Waals surface area contributed by atoms with Crippen LogP contribution in [0.2, 0.25) is 0 Å². The zero-order chi connectivity index (χ0) is 15.6. The lowest BCUT2D eigenvalue weighted by Crippen LogP contribution is -2.52. The van der Waals surface area contributed by atoms with Crippen LogP contribution in [0.5, 0.6) is 0 Å². The zero-order valence-electron chi connectivity index (χ0n) is 14.3. The highest BCUT2D eigenvalue weighted by atomic mass is 16.3. The summed E-state index contributed by atoms with van der Waals surface area (Å²) in [5.41, 5.74) is 11.4. The van der Waals surface area contributed by atoms with Crippen molar-refractivity contribution in [1.29, 1.82) is 0 Å². The Kier molecular flexibility index (Phi) is 1.55. The standard InChI is InChI=1S/C22H26O/c1-4-12-10-18(2)7-6-15-16(18)21-17(15)20(21)11-13-9-14(23)5-8-19(13,3)22(12,20)21/h13-14,17,23H,1,5-11H2,2-3H3/t13?,14?,17-,18?,19?,20+,21?,22-/m1/s1. The van der Waals surface area contributed by atoms with Crippen molar-refractivity contribution in [2.75, 3.05) is 0 Å². The molecule has 0 aromatic carbocycles. The Morgan fingerprint density at radius 1 is 1.26 bits per heavy atom. The summed E-state index contributed by atoms with van der Waals surface area (Å²) < 4.78 is 0. The van der Waals surface area contributed by atoms with E-state index in [2.05, 4.69) is 26.2 Å². The van der Waals surface area contributed by atoms with Crippen molar-refractivity contribution < 1.29 is 5.11 Å². The summed E-state index contributed by atoms with van der Waals surface area (Å²) in [6.07, 6.45) is 8.62. The SMILES string of the molecule is C=C=C1CC2(C)CCC3=C2C24[C@H]3[C@@]23CC2CC(O)CCC2(C)[C@@]143. The van der Waals surface area contributed by atoms with E-state index in [1.165, 1.54) is 32.1 Å². The third-order valence-corrected chi connectivity index (χ3v) is 10.5. The molecule has 120 valence electrons. The van der Waals surface area contributed by atoms with Gasteiger partial charge in [-0.15, -0.1) is 5.73 Å². The van der Waals surface area contributed by atoms with E-state index in [1.807, 2.05) is 11.1 Å². The topological polar surface area (TPSA) is 20.2 Å². The molecule has 7 rings (SSSR count). The molecule has 0 amide bonds. The summed E-state index contributed by atoms with van der Waals surface area (Å²) in [5.74, 6) is 1.67. The minimum absolute atomic E-state index is 0.0458. The second kappa shape index (κ2) is 2.85. The normalized spacial score (nSPS) is 68.5. The lowest BCUT2D eigenvalue weighted by molar-refractivity contribution is -0.0328. The number of rotatable bonds is 0. The molecule has 5 fully saturated rings. The molecule has 1 nitrogen and oxygen atoms in total. The second-order valence-electron chi connectivity index (χ2n) is 10.5. The maximum absolute atomic E-state index is 10.3. The van der Waals surface area contributed by atoms with E-state index in [1.54, 1.807) is 5.57 Å². The Hall–Kier alpha value is -0.780. The summed E-state index contributed by atoms with van der Waals surface area (Å²) in [6.45, 7) is 9.30. The van der Waals surface area contributed by atoms with Crippen LogP contribution in [0.4, 0.5) is 0 Å². The number of hydrogen-bond acceptors (Lipinski definition) is 1. The van der Waals surface area contributed by atoms with Crippen LogP contribution in [0, 0.1) is 38.9 Å². The summed E-state index contributed by atoms with van der Waals surface area (Å²) in [4.78, 5) is 0. The fraction of sp³-hybridized carbons (Fsp3) is 0.773. The van der Waals surface area contributed by atoms with Crippen molar-refractivity contribution in [2.24, 2.45) is 38.9 Å². The molecule has 23 heavy (non-hydrogen) atoms. The predicted molar refractivity (Wildman–Crippen MR) is 88.5 cm³/mol. The van der Waals surface area contributed by atoms with Crippen LogP contribution in [0.3, 0.4) is 0 Å². The van der Waals surface area contributed by atoms with Crippen molar-refractivity contribution >= 4 is 0 Å². The van der Waals surface area contributed by atoms with Gasteiger partial charge in [-0.2, -0.15) is 0 Å². The maximum Gasteiger partial charge on any atom is 0.0543 e. The van der Waals surface area contributed by atoms with Gasteiger partial charge in [-0.25, -0.2) is 0 Å². The van der Waals surface area contributed by atoms with Gasteiger partial charge in [-0.3, -0.25) is 0 Å². The van der Waals surface area contributed by atoms with Crippen LogP contribution in [-0.2, 0) is 0 Å². The predicted octanol–water partition coefficient (Wildman–Crippen LogP) is 4.39. The van der Waals surface area contributed by atoms with Crippen LogP contribution < -0.4 is 0 Å². The number of fused-ring (bicyclic) bond motifs is 2. The molecule has 3 spiro atoms. The van der Waals surface area contributed by atoms with Crippen LogP contribution >= 0.6 is 0 Å². The lowest BCUT2D eigenvalue weighted by atomic mass is 9.45. The maximum atomic E-state index is 10.3. The molecule has 0 bridgehead atoms. The largest absolute Gasteiger partial charge is 0.393 e. The first-order valence-electron chi connectivity index (χ1n) is 9.77. The van der Waals surface area contributed by atoms with Crippen molar-refractivity contribution in [3.8, 4) is 0 Å². The number of hydrogen-bond donors (Lipinski definition) is 1. The van der Waals surface area contributed by atoms with E-state index in [9.17, 15) is 5.11 Å². The van der Waals surface area contributed by atoms with Crippen molar-refractivity contribution in [3.05, 3.63) is 29.0 Å². The first-order chi connectivity index (χ1) is 11.0. The number of allylic oxidation sites excluding steroid dienone is 3. The summed E-state index contributed by atoms with van der Waals surface area (Å²) >= 11 is 0. The van der Waals surface area contributed by atoms with Gasteiger partial charge in [0, 0.05) is 16.2 Å². The molecular weight excluding hydrogens is 280 g/mol. The monoisotopic (exact) mass is 306 g/mol. The van der Waals surface area contributed by atoms with Crippen LogP contribution in [-0.4, -0.2) is 11.2 Å². The van der Waals surface area contributed by atoms with Gasteiger partial charge in [-0.1, -0.05) is 31.6 Å². The number of aliphatic hydroxyl groups is 1.